The molecule has 0 fully saturated rings. The summed E-state index contributed by atoms with van der Waals surface area (Å²) in [6, 6.07) is 16.5. The van der Waals surface area contributed by atoms with Gasteiger partial charge in [0.2, 0.25) is 0 Å². The van der Waals surface area contributed by atoms with Crippen molar-refractivity contribution in [1.29, 1.82) is 0 Å². The van der Waals surface area contributed by atoms with Crippen molar-refractivity contribution in [3.63, 3.8) is 0 Å². The van der Waals surface area contributed by atoms with Crippen molar-refractivity contribution in [2.75, 3.05) is 5.32 Å². The lowest BCUT2D eigenvalue weighted by atomic mass is 9.87. The molecule has 2 aromatic rings. The fourth-order valence-electron chi connectivity index (χ4n) is 2.59. The molecular formula is C22H27N2O2. The smallest absolute Gasteiger partial charge is 0.251 e. The molecule has 0 saturated carbocycles. The quantitative estimate of drug-likeness (QED) is 0.735. The summed E-state index contributed by atoms with van der Waals surface area (Å²) in [6.07, 6.45) is 0.857. The molecule has 0 unspecified atom stereocenters. The van der Waals surface area contributed by atoms with Crippen LogP contribution in [0.15, 0.2) is 54.6 Å². The monoisotopic (exact) mass is 351 g/mol. The fraction of sp³-hybridized carbons (Fsp3) is 0.318. The molecule has 4 nitrogen and oxygen atoms in total. The molecule has 2 rings (SSSR count). The van der Waals surface area contributed by atoms with Crippen molar-refractivity contribution in [3.8, 4) is 0 Å². The van der Waals surface area contributed by atoms with E-state index < -0.39 is 17.0 Å². The number of anilines is 1. The number of rotatable bonds is 7. The minimum Gasteiger partial charge on any atom is -0.375 e. The molecule has 137 valence electrons. The van der Waals surface area contributed by atoms with Crippen LogP contribution >= 0.6 is 0 Å². The normalized spacial score (nSPS) is 13.0. The highest BCUT2D eigenvalue weighted by Gasteiger charge is 2.25. The number of hydrogen-bond donors (Lipinski definition) is 2. The van der Waals surface area contributed by atoms with Gasteiger partial charge < -0.3 is 15.4 Å². The lowest BCUT2D eigenvalue weighted by molar-refractivity contribution is -0.109. The van der Waals surface area contributed by atoms with Gasteiger partial charge in [0.15, 0.2) is 0 Å². The van der Waals surface area contributed by atoms with E-state index in [0.29, 0.717) is 5.56 Å². The van der Waals surface area contributed by atoms with Crippen molar-refractivity contribution >= 4 is 17.9 Å². The Morgan fingerprint density at radius 2 is 1.58 bits per heavy atom. The number of aldehydes is 1. The van der Waals surface area contributed by atoms with E-state index in [9.17, 15) is 9.59 Å². The average molecular weight is 351 g/mol. The summed E-state index contributed by atoms with van der Waals surface area (Å²) in [5, 5.41) is 6.21. The van der Waals surface area contributed by atoms with Crippen molar-refractivity contribution in [1.82, 2.24) is 5.32 Å². The number of amides is 1. The number of nitrogens with one attached hydrogen (secondary N) is 2. The lowest BCUT2D eigenvalue weighted by Crippen LogP contribution is -2.41. The van der Waals surface area contributed by atoms with Gasteiger partial charge in [-0.25, -0.2) is 0 Å². The second-order valence-electron chi connectivity index (χ2n) is 7.77. The van der Waals surface area contributed by atoms with Gasteiger partial charge in [0.1, 0.15) is 6.29 Å². The van der Waals surface area contributed by atoms with E-state index in [2.05, 4.69) is 17.6 Å². The largest absolute Gasteiger partial charge is 0.375 e. The van der Waals surface area contributed by atoms with Crippen LogP contribution in [0.3, 0.4) is 0 Å². The Morgan fingerprint density at radius 1 is 1.00 bits per heavy atom. The molecule has 2 aromatic carbocycles. The van der Waals surface area contributed by atoms with Crippen LogP contribution in [-0.4, -0.2) is 18.2 Å². The molecule has 26 heavy (non-hydrogen) atoms. The van der Waals surface area contributed by atoms with Crippen LogP contribution in [0, 0.1) is 12.3 Å². The average Bonchev–Trinajstić information content (AvgIpc) is 2.59. The van der Waals surface area contributed by atoms with Crippen molar-refractivity contribution in [2.45, 2.75) is 39.3 Å². The van der Waals surface area contributed by atoms with Gasteiger partial charge in [-0.1, -0.05) is 44.2 Å². The van der Waals surface area contributed by atoms with E-state index in [1.54, 1.807) is 24.3 Å². The zero-order valence-corrected chi connectivity index (χ0v) is 15.9. The first-order chi connectivity index (χ1) is 12.1. The van der Waals surface area contributed by atoms with E-state index in [-0.39, 0.29) is 5.91 Å². The minimum atomic E-state index is -0.476. The van der Waals surface area contributed by atoms with Gasteiger partial charge in [0.25, 0.3) is 5.91 Å². The first-order valence-electron chi connectivity index (χ1n) is 8.69. The van der Waals surface area contributed by atoms with Gasteiger partial charge in [0.05, 0.1) is 11.6 Å². The van der Waals surface area contributed by atoms with E-state index >= 15 is 0 Å². The topological polar surface area (TPSA) is 58.2 Å². The van der Waals surface area contributed by atoms with E-state index in [1.807, 2.05) is 58.0 Å². The molecule has 4 heteroatoms. The van der Waals surface area contributed by atoms with Crippen molar-refractivity contribution < 1.29 is 9.59 Å². The third-order valence-electron chi connectivity index (χ3n) is 4.37. The van der Waals surface area contributed by atoms with Crippen LogP contribution in [0.1, 0.15) is 43.6 Å². The number of hydrogen-bond acceptors (Lipinski definition) is 3. The lowest BCUT2D eigenvalue weighted by Gasteiger charge is -2.28. The van der Waals surface area contributed by atoms with Crippen LogP contribution in [0.2, 0.25) is 0 Å². The van der Waals surface area contributed by atoms with Crippen LogP contribution in [0.4, 0.5) is 5.69 Å². The molecule has 0 saturated heterocycles. The molecule has 1 atom stereocenters. The summed E-state index contributed by atoms with van der Waals surface area (Å²) < 4.78 is 0. The third kappa shape index (κ3) is 4.94. The van der Waals surface area contributed by atoms with Gasteiger partial charge >= 0.3 is 0 Å². The second kappa shape index (κ2) is 7.73. The van der Waals surface area contributed by atoms with Crippen LogP contribution < -0.4 is 10.6 Å². The molecule has 0 aliphatic rings. The van der Waals surface area contributed by atoms with E-state index in [0.717, 1.165) is 17.5 Å². The number of benzene rings is 2. The maximum Gasteiger partial charge on any atom is 0.251 e. The zero-order valence-electron chi connectivity index (χ0n) is 15.9. The van der Waals surface area contributed by atoms with Gasteiger partial charge in [-0.15, -0.1) is 0 Å². The molecule has 1 radical (unpaired) electrons. The molecular weight excluding hydrogens is 324 g/mol. The van der Waals surface area contributed by atoms with E-state index in [4.69, 9.17) is 0 Å². The molecule has 0 bridgehead atoms. The van der Waals surface area contributed by atoms with Crippen LogP contribution in [-0.2, 0) is 10.3 Å². The number of carbonyl (C=O) groups is 2. The SMILES string of the molecule is [CH2]C(C)(C)[C@@H](C=O)Nc1ccc(C(=O)NC(C)(C)c2ccccc2)cc1. The standard InChI is InChI=1S/C22H27N2O2/c1-21(2,3)19(15-25)23-18-13-11-16(12-14-18)20(26)24-22(4,5)17-9-7-6-8-10-17/h6-15,19,23H,1H2,2-5H3,(H,24,26)/t19-/m1/s1. The molecule has 2 N–H and O–H groups in total. The maximum absolute atomic E-state index is 12.6. The summed E-state index contributed by atoms with van der Waals surface area (Å²) in [5.41, 5.74) is 1.47. The Hall–Kier alpha value is -2.62. The summed E-state index contributed by atoms with van der Waals surface area (Å²) in [5.74, 6) is -0.144. The van der Waals surface area contributed by atoms with E-state index in [1.165, 1.54) is 0 Å². The Balaban J connectivity index is 2.08. The highest BCUT2D eigenvalue weighted by Crippen LogP contribution is 2.23. The Morgan fingerprint density at radius 3 is 2.08 bits per heavy atom. The van der Waals surface area contributed by atoms with Crippen molar-refractivity contribution in [3.05, 3.63) is 72.6 Å². The Bertz CT molecular complexity index is 744. The first kappa shape index (κ1) is 19.7. The molecule has 1 amide bonds. The van der Waals surface area contributed by atoms with Crippen LogP contribution in [0.5, 0.6) is 0 Å². The summed E-state index contributed by atoms with van der Waals surface area (Å²) in [4.78, 5) is 23.8. The van der Waals surface area contributed by atoms with Gasteiger partial charge in [-0.05, 0) is 56.0 Å². The fourth-order valence-corrected chi connectivity index (χ4v) is 2.59. The molecule has 0 aromatic heterocycles. The van der Waals surface area contributed by atoms with Gasteiger partial charge in [-0.3, -0.25) is 4.79 Å². The maximum atomic E-state index is 12.6. The summed E-state index contributed by atoms with van der Waals surface area (Å²) in [7, 11) is 0. The van der Waals surface area contributed by atoms with Crippen LogP contribution in [0.25, 0.3) is 0 Å². The van der Waals surface area contributed by atoms with Gasteiger partial charge in [0, 0.05) is 11.3 Å². The van der Waals surface area contributed by atoms with Gasteiger partial charge in [-0.2, -0.15) is 0 Å². The molecule has 0 aliphatic carbocycles. The second-order valence-corrected chi connectivity index (χ2v) is 7.77. The molecule has 0 heterocycles. The predicted molar refractivity (Wildman–Crippen MR) is 106 cm³/mol. The minimum absolute atomic E-state index is 0.144. The summed E-state index contributed by atoms with van der Waals surface area (Å²) in [6.45, 7) is 11.7. The highest BCUT2D eigenvalue weighted by atomic mass is 16.1. The first-order valence-corrected chi connectivity index (χ1v) is 8.69. The zero-order chi connectivity index (χ0) is 19.4. The Labute approximate surface area is 156 Å². The summed E-state index contributed by atoms with van der Waals surface area (Å²) >= 11 is 0. The van der Waals surface area contributed by atoms with Crippen molar-refractivity contribution in [2.24, 2.45) is 5.41 Å². The molecule has 0 spiro atoms. The number of carbonyl (C=O) groups excluding carboxylic acids is 2. The Kier molecular flexibility index (Phi) is 5.86. The predicted octanol–water partition coefficient (Wildman–Crippen LogP) is 4.19. The molecule has 0 aliphatic heterocycles. The highest BCUT2D eigenvalue weighted by molar-refractivity contribution is 5.95. The third-order valence-corrected chi connectivity index (χ3v) is 4.37.